The van der Waals surface area contributed by atoms with E-state index in [0.29, 0.717) is 11.3 Å². The molecule has 0 bridgehead atoms. The molecular weight excluding hydrogens is 124 g/mol. The highest BCUT2D eigenvalue weighted by atomic mass is 14.5. The monoisotopic (exact) mass is 134 g/mol. The maximum Gasteiger partial charge on any atom is 0.0992 e. The van der Waals surface area contributed by atoms with Crippen LogP contribution in [0.25, 0.3) is 0 Å². The standard InChI is InChI=1S/C7H6N2.CH4/c8-5-6-2-1-3-7(9)4-6;/h1-4H,9H2;1H4. The molecule has 0 aliphatic carbocycles. The first-order chi connectivity index (χ1) is 4.33. The molecule has 1 aromatic carbocycles. The van der Waals surface area contributed by atoms with Gasteiger partial charge in [-0.3, -0.25) is 0 Å². The van der Waals surface area contributed by atoms with Gasteiger partial charge in [0.05, 0.1) is 11.6 Å². The lowest BCUT2D eigenvalue weighted by Gasteiger charge is -1.89. The number of anilines is 1. The number of nitrogens with two attached hydrogens (primary N) is 1. The number of nitriles is 1. The van der Waals surface area contributed by atoms with Crippen molar-refractivity contribution in [1.82, 2.24) is 0 Å². The third kappa shape index (κ3) is 1.79. The molecule has 0 fully saturated rings. The molecule has 0 heterocycles. The fourth-order valence-corrected chi connectivity index (χ4v) is 0.608. The molecule has 0 aromatic heterocycles. The predicted molar refractivity (Wildman–Crippen MR) is 42.3 cm³/mol. The van der Waals surface area contributed by atoms with Gasteiger partial charge in [0, 0.05) is 5.69 Å². The quantitative estimate of drug-likeness (QED) is 0.550. The minimum Gasteiger partial charge on any atom is -0.399 e. The fourth-order valence-electron chi connectivity index (χ4n) is 0.608. The van der Waals surface area contributed by atoms with Crippen molar-refractivity contribution in [3.8, 4) is 6.07 Å². The Kier molecular flexibility index (Phi) is 2.99. The van der Waals surface area contributed by atoms with Crippen molar-refractivity contribution in [3.05, 3.63) is 29.8 Å². The summed E-state index contributed by atoms with van der Waals surface area (Å²) >= 11 is 0. The summed E-state index contributed by atoms with van der Waals surface area (Å²) in [6.07, 6.45) is 0. The average molecular weight is 134 g/mol. The maximum atomic E-state index is 8.36. The number of hydrogen-bond donors (Lipinski definition) is 1. The number of benzene rings is 1. The van der Waals surface area contributed by atoms with Gasteiger partial charge in [-0.15, -0.1) is 0 Å². The predicted octanol–water partition coefficient (Wildman–Crippen LogP) is 1.78. The Labute approximate surface area is 60.9 Å². The van der Waals surface area contributed by atoms with Gasteiger partial charge in [-0.05, 0) is 18.2 Å². The van der Waals surface area contributed by atoms with Crippen LogP contribution < -0.4 is 5.73 Å². The van der Waals surface area contributed by atoms with E-state index in [4.69, 9.17) is 11.0 Å². The number of nitrogens with zero attached hydrogens (tertiary/aromatic N) is 1. The molecule has 0 unspecified atom stereocenters. The molecule has 0 aliphatic rings. The van der Waals surface area contributed by atoms with E-state index in [9.17, 15) is 0 Å². The second-order valence-electron chi connectivity index (χ2n) is 1.74. The van der Waals surface area contributed by atoms with Crippen molar-refractivity contribution >= 4 is 5.69 Å². The van der Waals surface area contributed by atoms with E-state index >= 15 is 0 Å². The Balaban J connectivity index is 0.000000810. The molecule has 52 valence electrons. The van der Waals surface area contributed by atoms with Gasteiger partial charge in [0.25, 0.3) is 0 Å². The van der Waals surface area contributed by atoms with Crippen molar-refractivity contribution in [2.45, 2.75) is 7.43 Å². The second-order valence-corrected chi connectivity index (χ2v) is 1.74. The van der Waals surface area contributed by atoms with E-state index in [1.54, 1.807) is 24.3 Å². The van der Waals surface area contributed by atoms with E-state index in [1.165, 1.54) is 0 Å². The van der Waals surface area contributed by atoms with Gasteiger partial charge in [0.2, 0.25) is 0 Å². The molecule has 0 amide bonds. The molecule has 2 nitrogen and oxygen atoms in total. The van der Waals surface area contributed by atoms with Crippen molar-refractivity contribution in [2.75, 3.05) is 5.73 Å². The minimum absolute atomic E-state index is 0. The molecule has 2 heteroatoms. The van der Waals surface area contributed by atoms with Crippen LogP contribution in [0.1, 0.15) is 13.0 Å². The SMILES string of the molecule is C.N#Cc1cccc(N)c1. The highest BCUT2D eigenvalue weighted by molar-refractivity contribution is 5.44. The first-order valence-corrected chi connectivity index (χ1v) is 2.58. The van der Waals surface area contributed by atoms with Crippen LogP contribution in [0.4, 0.5) is 5.69 Å². The van der Waals surface area contributed by atoms with Crippen molar-refractivity contribution in [2.24, 2.45) is 0 Å². The van der Waals surface area contributed by atoms with E-state index in [1.807, 2.05) is 6.07 Å². The molecule has 0 spiro atoms. The Morgan fingerprint density at radius 2 is 2.10 bits per heavy atom. The molecule has 1 aromatic rings. The topological polar surface area (TPSA) is 49.8 Å². The lowest BCUT2D eigenvalue weighted by molar-refractivity contribution is 1.48. The van der Waals surface area contributed by atoms with Gasteiger partial charge in [-0.1, -0.05) is 13.5 Å². The first-order valence-electron chi connectivity index (χ1n) is 2.58. The zero-order valence-corrected chi connectivity index (χ0v) is 4.83. The van der Waals surface area contributed by atoms with Crippen LogP contribution in [0.3, 0.4) is 0 Å². The number of nitrogen functional groups attached to an aromatic ring is 1. The highest BCUT2D eigenvalue weighted by Crippen LogP contribution is 2.03. The summed E-state index contributed by atoms with van der Waals surface area (Å²) in [5.74, 6) is 0. The normalized spacial score (nSPS) is 7.50. The van der Waals surface area contributed by atoms with Crippen molar-refractivity contribution in [3.63, 3.8) is 0 Å². The summed E-state index contributed by atoms with van der Waals surface area (Å²) in [5.41, 5.74) is 6.62. The zero-order valence-electron chi connectivity index (χ0n) is 4.83. The van der Waals surface area contributed by atoms with E-state index < -0.39 is 0 Å². The zero-order chi connectivity index (χ0) is 6.69. The van der Waals surface area contributed by atoms with E-state index in [0.717, 1.165) is 0 Å². The summed E-state index contributed by atoms with van der Waals surface area (Å²) < 4.78 is 0. The smallest absolute Gasteiger partial charge is 0.0992 e. The van der Waals surface area contributed by atoms with Crippen LogP contribution in [0.15, 0.2) is 24.3 Å². The van der Waals surface area contributed by atoms with Crippen LogP contribution in [-0.2, 0) is 0 Å². The summed E-state index contributed by atoms with van der Waals surface area (Å²) in [6.45, 7) is 0. The lowest BCUT2D eigenvalue weighted by Crippen LogP contribution is -1.83. The summed E-state index contributed by atoms with van der Waals surface area (Å²) in [7, 11) is 0. The van der Waals surface area contributed by atoms with Crippen LogP contribution in [0.2, 0.25) is 0 Å². The van der Waals surface area contributed by atoms with Gasteiger partial charge in [-0.25, -0.2) is 0 Å². The molecule has 1 rings (SSSR count). The Morgan fingerprint density at radius 1 is 1.40 bits per heavy atom. The second kappa shape index (κ2) is 3.52. The van der Waals surface area contributed by atoms with Gasteiger partial charge < -0.3 is 5.73 Å². The summed E-state index contributed by atoms with van der Waals surface area (Å²) in [5, 5.41) is 8.36. The summed E-state index contributed by atoms with van der Waals surface area (Å²) in [6, 6.07) is 8.85. The van der Waals surface area contributed by atoms with Crippen molar-refractivity contribution in [1.29, 1.82) is 5.26 Å². The molecule has 2 N–H and O–H groups in total. The maximum absolute atomic E-state index is 8.36. The third-order valence-corrected chi connectivity index (χ3v) is 1.02. The molecular formula is C8H10N2. The van der Waals surface area contributed by atoms with Crippen LogP contribution in [0, 0.1) is 11.3 Å². The van der Waals surface area contributed by atoms with Gasteiger partial charge in [-0.2, -0.15) is 5.26 Å². The molecule has 10 heavy (non-hydrogen) atoms. The minimum atomic E-state index is 0. The van der Waals surface area contributed by atoms with Crippen LogP contribution >= 0.6 is 0 Å². The Morgan fingerprint density at radius 3 is 2.50 bits per heavy atom. The fraction of sp³-hybridized carbons (Fsp3) is 0.125. The van der Waals surface area contributed by atoms with Gasteiger partial charge in [0.1, 0.15) is 0 Å². The Bertz CT molecular complexity index is 248. The average Bonchev–Trinajstić information content (AvgIpc) is 1.88. The largest absolute Gasteiger partial charge is 0.399 e. The molecule has 0 radical (unpaired) electrons. The molecule has 0 saturated heterocycles. The van der Waals surface area contributed by atoms with E-state index in [-0.39, 0.29) is 7.43 Å². The van der Waals surface area contributed by atoms with Gasteiger partial charge >= 0.3 is 0 Å². The number of rotatable bonds is 0. The van der Waals surface area contributed by atoms with Crippen molar-refractivity contribution < 1.29 is 0 Å². The Hall–Kier alpha value is -1.49. The summed E-state index contributed by atoms with van der Waals surface area (Å²) in [4.78, 5) is 0. The van der Waals surface area contributed by atoms with Gasteiger partial charge in [0.15, 0.2) is 0 Å². The molecule has 0 aliphatic heterocycles. The number of hydrogen-bond acceptors (Lipinski definition) is 2. The third-order valence-electron chi connectivity index (χ3n) is 1.02. The highest BCUT2D eigenvalue weighted by Gasteiger charge is 1.86. The van der Waals surface area contributed by atoms with Crippen LogP contribution in [-0.4, -0.2) is 0 Å². The first kappa shape index (κ1) is 8.51. The van der Waals surface area contributed by atoms with E-state index in [2.05, 4.69) is 0 Å². The lowest BCUT2D eigenvalue weighted by atomic mass is 10.2. The molecule has 0 saturated carbocycles. The van der Waals surface area contributed by atoms with Crippen LogP contribution in [0.5, 0.6) is 0 Å². The molecule has 0 atom stereocenters.